The topological polar surface area (TPSA) is 61.4 Å². The van der Waals surface area contributed by atoms with Gasteiger partial charge in [0.25, 0.3) is 0 Å². The van der Waals surface area contributed by atoms with Gasteiger partial charge in [-0.25, -0.2) is 4.79 Å². The van der Waals surface area contributed by atoms with E-state index in [0.29, 0.717) is 19.0 Å². The maximum Gasteiger partial charge on any atom is 0.321 e. The van der Waals surface area contributed by atoms with Crippen molar-refractivity contribution in [3.8, 4) is 0 Å². The Morgan fingerprint density at radius 3 is 2.33 bits per heavy atom. The number of para-hydroxylation sites is 1. The summed E-state index contributed by atoms with van der Waals surface area (Å²) in [6.07, 6.45) is 3.82. The zero-order valence-electron chi connectivity index (χ0n) is 16.8. The van der Waals surface area contributed by atoms with E-state index in [9.17, 15) is 9.59 Å². The largest absolute Gasteiger partial charge is 0.353 e. The molecule has 1 aliphatic carbocycles. The van der Waals surface area contributed by atoms with Crippen LogP contribution >= 0.6 is 0 Å². The lowest BCUT2D eigenvalue weighted by atomic mass is 10.0. The molecule has 2 N–H and O–H groups in total. The molecule has 5 heteroatoms. The van der Waals surface area contributed by atoms with Crippen LogP contribution in [0.1, 0.15) is 40.5 Å². The molecule has 0 aromatic heterocycles. The first-order chi connectivity index (χ1) is 12.8. The van der Waals surface area contributed by atoms with E-state index >= 15 is 0 Å². The molecular formula is C22H31N3O2. The highest BCUT2D eigenvalue weighted by Crippen LogP contribution is 2.59. The summed E-state index contributed by atoms with van der Waals surface area (Å²) in [5.41, 5.74) is 2.11. The molecule has 1 saturated heterocycles. The first-order valence-electron chi connectivity index (χ1n) is 9.85. The number of benzene rings is 1. The summed E-state index contributed by atoms with van der Waals surface area (Å²) in [7, 11) is 0. The van der Waals surface area contributed by atoms with Crippen LogP contribution < -0.4 is 10.6 Å². The number of amides is 3. The second-order valence-corrected chi connectivity index (χ2v) is 8.63. The second kappa shape index (κ2) is 7.75. The van der Waals surface area contributed by atoms with Crippen molar-refractivity contribution in [3.63, 3.8) is 0 Å². The van der Waals surface area contributed by atoms with Gasteiger partial charge in [0.15, 0.2) is 0 Å². The minimum atomic E-state index is -0.0714. The molecule has 3 amide bonds. The molecule has 0 radical (unpaired) electrons. The van der Waals surface area contributed by atoms with Crippen LogP contribution in [-0.2, 0) is 4.79 Å². The van der Waals surface area contributed by atoms with Gasteiger partial charge in [-0.15, -0.1) is 0 Å². The number of carbonyl (C=O) groups excluding carboxylic acids is 2. The Bertz CT molecular complexity index is 714. The van der Waals surface area contributed by atoms with Gasteiger partial charge in [-0.3, -0.25) is 4.79 Å². The van der Waals surface area contributed by atoms with Crippen molar-refractivity contribution in [2.45, 2.75) is 46.6 Å². The van der Waals surface area contributed by atoms with Crippen molar-refractivity contribution < 1.29 is 9.59 Å². The van der Waals surface area contributed by atoms with Gasteiger partial charge in [0, 0.05) is 24.8 Å². The first kappa shape index (κ1) is 19.5. The van der Waals surface area contributed by atoms with Gasteiger partial charge >= 0.3 is 6.03 Å². The summed E-state index contributed by atoms with van der Waals surface area (Å²) in [4.78, 5) is 26.9. The van der Waals surface area contributed by atoms with Crippen LogP contribution in [0.25, 0.3) is 0 Å². The fourth-order valence-corrected chi connectivity index (χ4v) is 4.09. The van der Waals surface area contributed by atoms with Gasteiger partial charge in [-0.1, -0.05) is 43.7 Å². The molecule has 2 unspecified atom stereocenters. The van der Waals surface area contributed by atoms with Gasteiger partial charge < -0.3 is 15.5 Å². The van der Waals surface area contributed by atoms with Gasteiger partial charge in [0.05, 0.1) is 5.92 Å². The Hall–Kier alpha value is -2.30. The Labute approximate surface area is 162 Å². The summed E-state index contributed by atoms with van der Waals surface area (Å²) in [6.45, 7) is 9.82. The van der Waals surface area contributed by atoms with Gasteiger partial charge in [-0.2, -0.15) is 0 Å². The average molecular weight is 370 g/mol. The summed E-state index contributed by atoms with van der Waals surface area (Å²) in [6, 6.07) is 9.57. The van der Waals surface area contributed by atoms with E-state index < -0.39 is 0 Å². The molecule has 1 aromatic rings. The highest BCUT2D eigenvalue weighted by Gasteiger charge is 2.60. The minimum absolute atomic E-state index is 0.0393. The smallest absolute Gasteiger partial charge is 0.321 e. The van der Waals surface area contributed by atoms with E-state index in [0.717, 1.165) is 18.5 Å². The molecule has 0 spiro atoms. The highest BCUT2D eigenvalue weighted by atomic mass is 16.2. The third-order valence-corrected chi connectivity index (χ3v) is 5.86. The Morgan fingerprint density at radius 1 is 1.11 bits per heavy atom. The van der Waals surface area contributed by atoms with E-state index in [2.05, 4.69) is 44.4 Å². The maximum absolute atomic E-state index is 12.7. The molecule has 1 aliphatic heterocycles. The van der Waals surface area contributed by atoms with Gasteiger partial charge in [-0.05, 0) is 50.2 Å². The third kappa shape index (κ3) is 4.52. The molecule has 146 valence electrons. The van der Waals surface area contributed by atoms with Crippen molar-refractivity contribution in [2.75, 3.05) is 18.4 Å². The van der Waals surface area contributed by atoms with Gasteiger partial charge in [0.2, 0.25) is 5.91 Å². The van der Waals surface area contributed by atoms with E-state index in [1.54, 1.807) is 0 Å². The highest BCUT2D eigenvalue weighted by molar-refractivity contribution is 5.89. The van der Waals surface area contributed by atoms with Crippen LogP contribution in [-0.4, -0.2) is 36.0 Å². The predicted octanol–water partition coefficient (Wildman–Crippen LogP) is 4.04. The Balaban J connectivity index is 1.46. The lowest BCUT2D eigenvalue weighted by molar-refractivity contribution is -0.124. The van der Waals surface area contributed by atoms with Crippen LogP contribution in [0.3, 0.4) is 0 Å². The maximum atomic E-state index is 12.7. The van der Waals surface area contributed by atoms with Crippen molar-refractivity contribution in [1.29, 1.82) is 0 Å². The normalized spacial score (nSPS) is 24.1. The van der Waals surface area contributed by atoms with E-state index in [1.165, 1.54) is 5.57 Å². The number of carbonyl (C=O) groups is 2. The van der Waals surface area contributed by atoms with E-state index in [4.69, 9.17) is 0 Å². The molecule has 2 atom stereocenters. The fraction of sp³-hybridized carbons (Fsp3) is 0.545. The van der Waals surface area contributed by atoms with E-state index in [-0.39, 0.29) is 29.3 Å². The van der Waals surface area contributed by atoms with Crippen LogP contribution in [0.15, 0.2) is 42.0 Å². The van der Waals surface area contributed by atoms with Crippen LogP contribution in [0.2, 0.25) is 0 Å². The van der Waals surface area contributed by atoms with E-state index in [1.807, 2.05) is 35.2 Å². The molecule has 0 bridgehead atoms. The average Bonchev–Trinajstić information content (AvgIpc) is 3.15. The van der Waals surface area contributed by atoms with Gasteiger partial charge in [0.1, 0.15) is 0 Å². The summed E-state index contributed by atoms with van der Waals surface area (Å²) < 4.78 is 0. The number of hydrogen-bond acceptors (Lipinski definition) is 2. The predicted molar refractivity (Wildman–Crippen MR) is 108 cm³/mol. The van der Waals surface area contributed by atoms with Crippen LogP contribution in [0, 0.1) is 17.3 Å². The Morgan fingerprint density at radius 2 is 1.74 bits per heavy atom. The molecule has 2 fully saturated rings. The van der Waals surface area contributed by atoms with Crippen LogP contribution in [0.5, 0.6) is 0 Å². The van der Waals surface area contributed by atoms with Crippen molar-refractivity contribution in [2.24, 2.45) is 17.3 Å². The number of rotatable bonds is 4. The number of urea groups is 1. The molecule has 1 heterocycles. The first-order valence-corrected chi connectivity index (χ1v) is 9.85. The standard InChI is InChI=1S/C22H31N3O2/c1-15(2)14-18-19(22(18,3)4)20(26)23-17-10-12-25(13-11-17)21(27)24-16-8-6-5-7-9-16/h5-9,14,17-19H,10-13H2,1-4H3,(H,23,26)(H,24,27). The van der Waals surface area contributed by atoms with Crippen molar-refractivity contribution in [1.82, 2.24) is 10.2 Å². The molecule has 1 saturated carbocycles. The number of allylic oxidation sites excluding steroid dienone is 2. The Kier molecular flexibility index (Phi) is 5.59. The number of piperidine rings is 1. The van der Waals surface area contributed by atoms with Crippen molar-refractivity contribution >= 4 is 17.6 Å². The number of hydrogen-bond donors (Lipinski definition) is 2. The zero-order chi connectivity index (χ0) is 19.6. The SMILES string of the molecule is CC(C)=CC1C(C(=O)NC2CCN(C(=O)Nc3ccccc3)CC2)C1(C)C. The summed E-state index contributed by atoms with van der Waals surface area (Å²) in [5, 5.41) is 6.15. The number of likely N-dealkylation sites (tertiary alicyclic amines) is 1. The number of anilines is 1. The molecule has 3 rings (SSSR count). The lowest BCUT2D eigenvalue weighted by Gasteiger charge is -2.32. The molecule has 27 heavy (non-hydrogen) atoms. The number of nitrogens with one attached hydrogen (secondary N) is 2. The lowest BCUT2D eigenvalue weighted by Crippen LogP contribution is -2.48. The molecule has 1 aromatic carbocycles. The quantitative estimate of drug-likeness (QED) is 0.787. The minimum Gasteiger partial charge on any atom is -0.353 e. The summed E-state index contributed by atoms with van der Waals surface area (Å²) >= 11 is 0. The molecular weight excluding hydrogens is 338 g/mol. The number of nitrogens with zero attached hydrogens (tertiary/aromatic N) is 1. The fourth-order valence-electron chi connectivity index (χ4n) is 4.09. The second-order valence-electron chi connectivity index (χ2n) is 8.63. The summed E-state index contributed by atoms with van der Waals surface area (Å²) in [5.74, 6) is 0.556. The molecule has 5 nitrogen and oxygen atoms in total. The zero-order valence-corrected chi connectivity index (χ0v) is 16.8. The molecule has 2 aliphatic rings. The van der Waals surface area contributed by atoms with Crippen molar-refractivity contribution in [3.05, 3.63) is 42.0 Å². The van der Waals surface area contributed by atoms with Crippen LogP contribution in [0.4, 0.5) is 10.5 Å². The third-order valence-electron chi connectivity index (χ3n) is 5.86. The monoisotopic (exact) mass is 369 g/mol.